The third-order valence-electron chi connectivity index (χ3n) is 6.00. The summed E-state index contributed by atoms with van der Waals surface area (Å²) in [4.78, 5) is 21.4. The number of halogens is 1. The number of fused-ring (bicyclic) bond motifs is 1. The van der Waals surface area contributed by atoms with Crippen molar-refractivity contribution in [2.24, 2.45) is 5.92 Å². The molecule has 2 saturated heterocycles. The Kier molecular flexibility index (Phi) is 6.31. The molecule has 1 N–H and O–H groups in total. The number of pyridine rings is 1. The molecule has 1 amide bonds. The molecule has 0 spiro atoms. The molecule has 3 unspecified atom stereocenters. The third kappa shape index (κ3) is 4.33. The fourth-order valence-electron chi connectivity index (χ4n) is 4.60. The van der Waals surface area contributed by atoms with E-state index in [0.29, 0.717) is 11.9 Å². The van der Waals surface area contributed by atoms with Crippen LogP contribution in [-0.4, -0.2) is 59.0 Å². The smallest absolute Gasteiger partial charge is 0.239 e. The molecular weight excluding hydrogens is 336 g/mol. The van der Waals surface area contributed by atoms with Gasteiger partial charge in [-0.25, -0.2) is 0 Å². The predicted molar refractivity (Wildman–Crippen MR) is 101 cm³/mol. The lowest BCUT2D eigenvalue weighted by molar-refractivity contribution is -0.135. The van der Waals surface area contributed by atoms with Crippen molar-refractivity contribution in [3.63, 3.8) is 0 Å². The van der Waals surface area contributed by atoms with Gasteiger partial charge in [0.15, 0.2) is 0 Å². The first-order valence-corrected chi connectivity index (χ1v) is 9.46. The molecule has 1 aliphatic carbocycles. The number of hydrogen-bond donors (Lipinski definition) is 1. The first kappa shape index (κ1) is 18.6. The molecule has 0 radical (unpaired) electrons. The highest BCUT2D eigenvalue weighted by Crippen LogP contribution is 2.33. The minimum atomic E-state index is 0. The Balaban J connectivity index is 0.00000182. The zero-order chi connectivity index (χ0) is 16.4. The van der Waals surface area contributed by atoms with E-state index in [9.17, 15) is 4.79 Å². The molecule has 3 aliphatic rings. The van der Waals surface area contributed by atoms with Crippen molar-refractivity contribution in [2.45, 2.75) is 50.7 Å². The van der Waals surface area contributed by atoms with Crippen LogP contribution in [0.5, 0.6) is 0 Å². The zero-order valence-corrected chi connectivity index (χ0v) is 15.6. The second-order valence-corrected chi connectivity index (χ2v) is 7.56. The van der Waals surface area contributed by atoms with Crippen LogP contribution in [0.4, 0.5) is 0 Å². The van der Waals surface area contributed by atoms with Gasteiger partial charge in [-0.2, -0.15) is 0 Å². The molecule has 5 nitrogen and oxygen atoms in total. The van der Waals surface area contributed by atoms with Crippen molar-refractivity contribution in [1.82, 2.24) is 20.1 Å². The Labute approximate surface area is 156 Å². The summed E-state index contributed by atoms with van der Waals surface area (Å²) in [5.41, 5.74) is 1.30. The lowest BCUT2D eigenvalue weighted by Gasteiger charge is -2.36. The standard InChI is InChI=1S/C19H28N4O.ClH/c24-19(18-13-16-3-1-2-4-17(16)21-18)23-11-9-22(10-12-23)14-15-5-7-20-8-6-15;/h5-8,16-18,21H,1-4,9-14H2;1H. The summed E-state index contributed by atoms with van der Waals surface area (Å²) >= 11 is 0. The molecule has 138 valence electrons. The summed E-state index contributed by atoms with van der Waals surface area (Å²) < 4.78 is 0. The normalized spacial score (nSPS) is 29.8. The zero-order valence-electron chi connectivity index (χ0n) is 14.8. The first-order chi connectivity index (χ1) is 11.8. The third-order valence-corrected chi connectivity index (χ3v) is 6.00. The molecule has 1 saturated carbocycles. The molecule has 0 aromatic carbocycles. The van der Waals surface area contributed by atoms with E-state index < -0.39 is 0 Å². The largest absolute Gasteiger partial charge is 0.339 e. The van der Waals surface area contributed by atoms with E-state index in [-0.39, 0.29) is 18.4 Å². The van der Waals surface area contributed by atoms with Crippen LogP contribution in [0, 0.1) is 5.92 Å². The molecular formula is C19H29ClN4O. The van der Waals surface area contributed by atoms with Crippen LogP contribution < -0.4 is 5.32 Å². The Hall–Kier alpha value is -1.17. The van der Waals surface area contributed by atoms with Crippen molar-refractivity contribution >= 4 is 18.3 Å². The lowest BCUT2D eigenvalue weighted by atomic mass is 9.85. The van der Waals surface area contributed by atoms with Crippen LogP contribution in [0.3, 0.4) is 0 Å². The molecule has 2 aliphatic heterocycles. The van der Waals surface area contributed by atoms with Gasteiger partial charge in [0.2, 0.25) is 5.91 Å². The van der Waals surface area contributed by atoms with Crippen LogP contribution >= 0.6 is 12.4 Å². The highest BCUT2D eigenvalue weighted by atomic mass is 35.5. The summed E-state index contributed by atoms with van der Waals surface area (Å²) in [6, 6.07) is 4.81. The average Bonchev–Trinajstić information content (AvgIpc) is 3.07. The van der Waals surface area contributed by atoms with Gasteiger partial charge in [-0.3, -0.25) is 14.7 Å². The molecule has 3 heterocycles. The number of rotatable bonds is 3. The number of nitrogens with one attached hydrogen (secondary N) is 1. The van der Waals surface area contributed by atoms with Gasteiger partial charge in [-0.1, -0.05) is 12.8 Å². The Morgan fingerprint density at radius 1 is 1.12 bits per heavy atom. The minimum Gasteiger partial charge on any atom is -0.339 e. The molecule has 1 aromatic heterocycles. The Morgan fingerprint density at radius 3 is 2.56 bits per heavy atom. The topological polar surface area (TPSA) is 48.5 Å². The van der Waals surface area contributed by atoms with Crippen LogP contribution in [-0.2, 0) is 11.3 Å². The van der Waals surface area contributed by atoms with Crippen molar-refractivity contribution in [2.75, 3.05) is 26.2 Å². The van der Waals surface area contributed by atoms with Gasteiger partial charge in [0.1, 0.15) is 0 Å². The quantitative estimate of drug-likeness (QED) is 0.892. The van der Waals surface area contributed by atoms with Crippen LogP contribution in [0.15, 0.2) is 24.5 Å². The van der Waals surface area contributed by atoms with Crippen LogP contribution in [0.2, 0.25) is 0 Å². The fraction of sp³-hybridized carbons (Fsp3) is 0.684. The van der Waals surface area contributed by atoms with Gasteiger partial charge in [0, 0.05) is 51.2 Å². The maximum absolute atomic E-state index is 12.8. The van der Waals surface area contributed by atoms with Crippen LogP contribution in [0.25, 0.3) is 0 Å². The van der Waals surface area contributed by atoms with Crippen molar-refractivity contribution in [3.8, 4) is 0 Å². The number of aromatic nitrogens is 1. The summed E-state index contributed by atoms with van der Waals surface area (Å²) in [5.74, 6) is 1.08. The van der Waals surface area contributed by atoms with E-state index in [1.807, 2.05) is 12.4 Å². The number of nitrogens with zero attached hydrogens (tertiary/aromatic N) is 3. The Bertz CT molecular complexity index is 548. The number of carbonyl (C=O) groups is 1. The predicted octanol–water partition coefficient (Wildman–Crippen LogP) is 2.07. The maximum atomic E-state index is 12.8. The summed E-state index contributed by atoms with van der Waals surface area (Å²) in [6.07, 6.45) is 9.98. The minimum absolute atomic E-state index is 0. The number of amides is 1. The first-order valence-electron chi connectivity index (χ1n) is 9.46. The molecule has 4 rings (SSSR count). The van der Waals surface area contributed by atoms with Crippen molar-refractivity contribution in [3.05, 3.63) is 30.1 Å². The molecule has 25 heavy (non-hydrogen) atoms. The van der Waals surface area contributed by atoms with E-state index in [0.717, 1.165) is 45.1 Å². The summed E-state index contributed by atoms with van der Waals surface area (Å²) in [6.45, 7) is 4.60. The summed E-state index contributed by atoms with van der Waals surface area (Å²) in [5, 5.41) is 3.63. The maximum Gasteiger partial charge on any atom is 0.239 e. The van der Waals surface area contributed by atoms with Crippen molar-refractivity contribution < 1.29 is 4.79 Å². The number of carbonyl (C=O) groups excluding carboxylic acids is 1. The monoisotopic (exact) mass is 364 g/mol. The van der Waals surface area contributed by atoms with Gasteiger partial charge in [-0.05, 0) is 42.9 Å². The molecule has 6 heteroatoms. The summed E-state index contributed by atoms with van der Waals surface area (Å²) in [7, 11) is 0. The molecule has 1 aromatic rings. The molecule has 3 fully saturated rings. The van der Waals surface area contributed by atoms with E-state index in [1.165, 1.54) is 31.2 Å². The van der Waals surface area contributed by atoms with Gasteiger partial charge in [0.05, 0.1) is 6.04 Å². The van der Waals surface area contributed by atoms with E-state index in [1.54, 1.807) is 0 Å². The van der Waals surface area contributed by atoms with Crippen molar-refractivity contribution in [1.29, 1.82) is 0 Å². The number of hydrogen-bond acceptors (Lipinski definition) is 4. The Morgan fingerprint density at radius 2 is 1.84 bits per heavy atom. The average molecular weight is 365 g/mol. The fourth-order valence-corrected chi connectivity index (χ4v) is 4.60. The SMILES string of the molecule is Cl.O=C(C1CC2CCCCC2N1)N1CCN(Cc2ccncc2)CC1. The van der Waals surface area contributed by atoms with E-state index in [4.69, 9.17) is 0 Å². The van der Waals surface area contributed by atoms with Crippen LogP contribution in [0.1, 0.15) is 37.7 Å². The van der Waals surface area contributed by atoms with E-state index in [2.05, 4.69) is 32.2 Å². The highest BCUT2D eigenvalue weighted by molar-refractivity contribution is 5.85. The van der Waals surface area contributed by atoms with Gasteiger partial charge >= 0.3 is 0 Å². The lowest BCUT2D eigenvalue weighted by Crippen LogP contribution is -2.53. The highest BCUT2D eigenvalue weighted by Gasteiger charge is 2.40. The van der Waals surface area contributed by atoms with Gasteiger partial charge in [0.25, 0.3) is 0 Å². The second kappa shape index (κ2) is 8.47. The second-order valence-electron chi connectivity index (χ2n) is 7.56. The number of piperazine rings is 1. The molecule has 3 atom stereocenters. The molecule has 0 bridgehead atoms. The van der Waals surface area contributed by atoms with Gasteiger partial charge in [-0.15, -0.1) is 12.4 Å². The van der Waals surface area contributed by atoms with Gasteiger partial charge < -0.3 is 10.2 Å². The van der Waals surface area contributed by atoms with E-state index >= 15 is 0 Å².